The molecule has 6 atom stereocenters. The molecule has 1 unspecified atom stereocenters. The van der Waals surface area contributed by atoms with Crippen molar-refractivity contribution in [2.45, 2.75) is 36.9 Å². The van der Waals surface area contributed by atoms with Gasteiger partial charge in [0.15, 0.2) is 5.78 Å². The molecule has 144 valence electrons. The number of allylic oxidation sites excluding steroid dienone is 4. The standard InChI is InChI=1S/C21H24O6/c22-13-16-17(24)18(25)19(26)20(27-16)21(10-5-2-6-11-21)12-9-15(23)14-7-3-1-4-8-14/h1-10,12,16-20,22,24-26H,11,13H2/t16-,17-,18+,19-,20-,21?/m1/s1. The zero-order valence-corrected chi connectivity index (χ0v) is 14.8. The number of hydrogen-bond donors (Lipinski definition) is 4. The van der Waals surface area contributed by atoms with Crippen LogP contribution in [-0.2, 0) is 4.74 Å². The summed E-state index contributed by atoms with van der Waals surface area (Å²) in [5, 5.41) is 40.1. The van der Waals surface area contributed by atoms with Crippen LogP contribution < -0.4 is 0 Å². The lowest BCUT2D eigenvalue weighted by Gasteiger charge is -2.47. The summed E-state index contributed by atoms with van der Waals surface area (Å²) in [5.41, 5.74) is -0.360. The number of aliphatic hydroxyl groups excluding tert-OH is 4. The smallest absolute Gasteiger partial charge is 0.185 e. The molecular weight excluding hydrogens is 348 g/mol. The molecule has 1 aromatic rings. The molecule has 0 spiro atoms. The summed E-state index contributed by atoms with van der Waals surface area (Å²) in [6, 6.07) is 8.80. The first kappa shape index (κ1) is 19.7. The van der Waals surface area contributed by atoms with Gasteiger partial charge < -0.3 is 25.2 Å². The van der Waals surface area contributed by atoms with Crippen molar-refractivity contribution in [1.29, 1.82) is 0 Å². The molecule has 0 bridgehead atoms. The number of ketones is 1. The second kappa shape index (κ2) is 8.29. The third-order valence-corrected chi connectivity index (χ3v) is 5.15. The van der Waals surface area contributed by atoms with E-state index in [9.17, 15) is 25.2 Å². The van der Waals surface area contributed by atoms with Gasteiger partial charge in [-0.15, -0.1) is 0 Å². The summed E-state index contributed by atoms with van der Waals surface area (Å²) in [4.78, 5) is 12.5. The molecule has 0 amide bonds. The molecule has 0 radical (unpaired) electrons. The molecule has 1 saturated heterocycles. The maximum Gasteiger partial charge on any atom is 0.185 e. The largest absolute Gasteiger partial charge is 0.394 e. The van der Waals surface area contributed by atoms with E-state index in [1.165, 1.54) is 6.08 Å². The molecule has 2 aliphatic rings. The Hall–Kier alpha value is -2.09. The van der Waals surface area contributed by atoms with Crippen molar-refractivity contribution >= 4 is 5.78 Å². The van der Waals surface area contributed by atoms with E-state index in [0.29, 0.717) is 12.0 Å². The molecule has 1 aliphatic heterocycles. The molecule has 0 saturated carbocycles. The number of aliphatic hydroxyl groups is 4. The summed E-state index contributed by atoms with van der Waals surface area (Å²) in [6.45, 7) is -0.496. The first-order chi connectivity index (χ1) is 13.0. The summed E-state index contributed by atoms with van der Waals surface area (Å²) >= 11 is 0. The molecule has 1 fully saturated rings. The number of carbonyl (C=O) groups is 1. The fraction of sp³-hybridized carbons (Fsp3) is 0.381. The van der Waals surface area contributed by atoms with Crippen LogP contribution in [0.15, 0.2) is 66.8 Å². The van der Waals surface area contributed by atoms with E-state index < -0.39 is 42.5 Å². The van der Waals surface area contributed by atoms with E-state index in [0.717, 1.165) is 0 Å². The number of hydrogen-bond acceptors (Lipinski definition) is 6. The first-order valence-electron chi connectivity index (χ1n) is 8.92. The molecular formula is C21H24O6. The normalized spacial score (nSPS) is 36.2. The number of benzene rings is 1. The molecule has 1 aromatic carbocycles. The van der Waals surface area contributed by atoms with Gasteiger partial charge in [-0.3, -0.25) is 4.79 Å². The second-order valence-electron chi connectivity index (χ2n) is 6.92. The lowest BCUT2D eigenvalue weighted by molar-refractivity contribution is -0.245. The van der Waals surface area contributed by atoms with E-state index >= 15 is 0 Å². The lowest BCUT2D eigenvalue weighted by atomic mass is 9.71. The zero-order valence-electron chi connectivity index (χ0n) is 14.8. The van der Waals surface area contributed by atoms with Crippen LogP contribution in [0, 0.1) is 5.41 Å². The van der Waals surface area contributed by atoms with Gasteiger partial charge >= 0.3 is 0 Å². The minimum atomic E-state index is -1.46. The Morgan fingerprint density at radius 2 is 1.85 bits per heavy atom. The molecule has 27 heavy (non-hydrogen) atoms. The van der Waals surface area contributed by atoms with Crippen LogP contribution in [-0.4, -0.2) is 63.3 Å². The third-order valence-electron chi connectivity index (χ3n) is 5.15. The van der Waals surface area contributed by atoms with Crippen LogP contribution in [0.3, 0.4) is 0 Å². The van der Waals surface area contributed by atoms with Gasteiger partial charge in [0.1, 0.15) is 24.4 Å². The van der Waals surface area contributed by atoms with Gasteiger partial charge in [0.05, 0.1) is 12.7 Å². The van der Waals surface area contributed by atoms with E-state index in [1.54, 1.807) is 42.5 Å². The molecule has 6 heteroatoms. The first-order valence-corrected chi connectivity index (χ1v) is 8.92. The van der Waals surface area contributed by atoms with Crippen LogP contribution >= 0.6 is 0 Å². The highest BCUT2D eigenvalue weighted by molar-refractivity contribution is 6.04. The van der Waals surface area contributed by atoms with Crippen molar-refractivity contribution in [2.75, 3.05) is 6.61 Å². The van der Waals surface area contributed by atoms with Crippen LogP contribution in [0.5, 0.6) is 0 Å². The quantitative estimate of drug-likeness (QED) is 0.449. The van der Waals surface area contributed by atoms with Gasteiger partial charge in [-0.1, -0.05) is 60.7 Å². The van der Waals surface area contributed by atoms with Gasteiger partial charge in [-0.25, -0.2) is 0 Å². The Morgan fingerprint density at radius 1 is 1.11 bits per heavy atom. The Labute approximate surface area is 157 Å². The third kappa shape index (κ3) is 3.95. The second-order valence-corrected chi connectivity index (χ2v) is 6.92. The predicted octanol–water partition coefficient (Wildman–Crippen LogP) is 0.770. The fourth-order valence-corrected chi connectivity index (χ4v) is 3.56. The van der Waals surface area contributed by atoms with E-state index in [1.807, 2.05) is 18.2 Å². The SMILES string of the molecule is O=C(C=CC1([C@@H]2O[C@H](CO)[C@@H](O)[C@H](O)[C@H]2O)C=CC=CC1)c1ccccc1. The minimum absolute atomic E-state index is 0.192. The monoisotopic (exact) mass is 372 g/mol. The van der Waals surface area contributed by atoms with Crippen molar-refractivity contribution in [2.24, 2.45) is 5.41 Å². The number of carbonyl (C=O) groups excluding carboxylic acids is 1. The zero-order chi connectivity index (χ0) is 19.4. The highest BCUT2D eigenvalue weighted by atomic mass is 16.5. The predicted molar refractivity (Wildman–Crippen MR) is 99.0 cm³/mol. The number of rotatable bonds is 5. The summed E-state index contributed by atoms with van der Waals surface area (Å²) in [5.74, 6) is -0.192. The maximum absolute atomic E-state index is 12.5. The maximum atomic E-state index is 12.5. The Kier molecular flexibility index (Phi) is 6.04. The topological polar surface area (TPSA) is 107 Å². The summed E-state index contributed by atoms with van der Waals surface area (Å²) in [6.07, 6.45) is 4.63. The van der Waals surface area contributed by atoms with Gasteiger partial charge in [0.2, 0.25) is 0 Å². The highest BCUT2D eigenvalue weighted by Gasteiger charge is 2.50. The van der Waals surface area contributed by atoms with Crippen molar-refractivity contribution in [1.82, 2.24) is 0 Å². The molecule has 1 heterocycles. The van der Waals surface area contributed by atoms with Crippen molar-refractivity contribution < 1.29 is 30.0 Å². The average Bonchev–Trinajstić information content (AvgIpc) is 2.72. The average molecular weight is 372 g/mol. The van der Waals surface area contributed by atoms with E-state index in [4.69, 9.17) is 4.74 Å². The van der Waals surface area contributed by atoms with Gasteiger partial charge in [-0.2, -0.15) is 0 Å². The number of ether oxygens (including phenoxy) is 1. The Balaban J connectivity index is 1.91. The van der Waals surface area contributed by atoms with Gasteiger partial charge in [0.25, 0.3) is 0 Å². The van der Waals surface area contributed by atoms with E-state index in [-0.39, 0.29) is 5.78 Å². The van der Waals surface area contributed by atoms with Crippen molar-refractivity contribution in [3.05, 3.63) is 72.4 Å². The van der Waals surface area contributed by atoms with Gasteiger partial charge in [0, 0.05) is 11.0 Å². The Morgan fingerprint density at radius 3 is 2.48 bits per heavy atom. The van der Waals surface area contributed by atoms with Crippen LogP contribution in [0.2, 0.25) is 0 Å². The van der Waals surface area contributed by atoms with Crippen LogP contribution in [0.1, 0.15) is 16.8 Å². The molecule has 3 rings (SSSR count). The van der Waals surface area contributed by atoms with Crippen LogP contribution in [0.4, 0.5) is 0 Å². The van der Waals surface area contributed by atoms with Gasteiger partial charge in [-0.05, 0) is 12.5 Å². The summed E-state index contributed by atoms with van der Waals surface area (Å²) in [7, 11) is 0. The highest BCUT2D eigenvalue weighted by Crippen LogP contribution is 2.41. The van der Waals surface area contributed by atoms with Crippen molar-refractivity contribution in [3.8, 4) is 0 Å². The molecule has 6 nitrogen and oxygen atoms in total. The van der Waals surface area contributed by atoms with E-state index in [2.05, 4.69) is 0 Å². The minimum Gasteiger partial charge on any atom is -0.394 e. The molecule has 0 aromatic heterocycles. The fourth-order valence-electron chi connectivity index (χ4n) is 3.56. The Bertz CT molecular complexity index is 738. The van der Waals surface area contributed by atoms with Crippen molar-refractivity contribution in [3.63, 3.8) is 0 Å². The molecule has 1 aliphatic carbocycles. The molecule has 4 N–H and O–H groups in total. The lowest BCUT2D eigenvalue weighted by Crippen LogP contribution is -2.62. The summed E-state index contributed by atoms with van der Waals surface area (Å²) < 4.78 is 5.75. The van der Waals surface area contributed by atoms with Crippen LogP contribution in [0.25, 0.3) is 0 Å².